The van der Waals surface area contributed by atoms with Crippen LogP contribution in [0.1, 0.15) is 63.4 Å². The fraction of sp³-hybridized carbons (Fsp3) is 0.278. The molecule has 4 aromatic rings. The Hall–Kier alpha value is -4.02. The third-order valence-electron chi connectivity index (χ3n) is 8.71. The summed E-state index contributed by atoms with van der Waals surface area (Å²) < 4.78 is 0. The summed E-state index contributed by atoms with van der Waals surface area (Å²) in [5.41, 5.74) is 6.47. The van der Waals surface area contributed by atoms with Crippen molar-refractivity contribution in [2.75, 3.05) is 25.0 Å². The minimum Gasteiger partial charge on any atom is -0.321 e. The molecule has 1 atom stereocenters. The molecule has 0 radical (unpaired) electrons. The number of Topliss-reactive ketones (excluding diaryl/α,β-unsaturated/α-hetero) is 1. The third-order valence-corrected chi connectivity index (χ3v) is 8.71. The van der Waals surface area contributed by atoms with Gasteiger partial charge in [-0.25, -0.2) is 0 Å². The van der Waals surface area contributed by atoms with Crippen LogP contribution in [0, 0.1) is 5.92 Å². The van der Waals surface area contributed by atoms with E-state index in [0.717, 1.165) is 66.8 Å². The molecule has 1 saturated heterocycles. The van der Waals surface area contributed by atoms with Gasteiger partial charge in [0.25, 0.3) is 5.91 Å². The first-order valence-electron chi connectivity index (χ1n) is 14.6. The summed E-state index contributed by atoms with van der Waals surface area (Å²) in [5, 5.41) is 3.13. The maximum Gasteiger partial charge on any atom is 0.255 e. The van der Waals surface area contributed by atoms with Crippen molar-refractivity contribution in [3.63, 3.8) is 0 Å². The van der Waals surface area contributed by atoms with Crippen LogP contribution in [0.3, 0.4) is 0 Å². The molecule has 0 aromatic heterocycles. The van der Waals surface area contributed by atoms with Crippen molar-refractivity contribution in [2.24, 2.45) is 5.92 Å². The molecule has 4 heteroatoms. The normalized spacial score (nSPS) is 17.8. The van der Waals surface area contributed by atoms with Crippen LogP contribution < -0.4 is 5.32 Å². The number of likely N-dealkylation sites (tertiary alicyclic amines) is 1. The first-order chi connectivity index (χ1) is 19.7. The highest BCUT2D eigenvalue weighted by molar-refractivity contribution is 6.10. The number of amides is 1. The summed E-state index contributed by atoms with van der Waals surface area (Å²) in [6, 6.07) is 34.4. The number of carbonyl (C=O) groups is 2. The van der Waals surface area contributed by atoms with E-state index in [9.17, 15) is 9.59 Å². The maximum absolute atomic E-state index is 13.5. The van der Waals surface area contributed by atoms with Gasteiger partial charge in [0.05, 0.1) is 0 Å². The van der Waals surface area contributed by atoms with Gasteiger partial charge in [0.15, 0.2) is 5.78 Å². The van der Waals surface area contributed by atoms with Gasteiger partial charge in [-0.15, -0.1) is 0 Å². The summed E-state index contributed by atoms with van der Waals surface area (Å²) in [5.74, 6) is 0.703. The fourth-order valence-corrected chi connectivity index (χ4v) is 6.45. The number of anilines is 1. The maximum atomic E-state index is 13.5. The van der Waals surface area contributed by atoms with E-state index in [1.807, 2.05) is 72.8 Å². The Morgan fingerprint density at radius 3 is 2.20 bits per heavy atom. The summed E-state index contributed by atoms with van der Waals surface area (Å²) in [6.07, 6.45) is 4.80. The first-order valence-corrected chi connectivity index (χ1v) is 14.6. The third kappa shape index (κ3) is 5.64. The average Bonchev–Trinajstić information content (AvgIpc) is 3.02. The predicted octanol–water partition coefficient (Wildman–Crippen LogP) is 7.62. The standard InChI is InChI=1S/C36H36N2O2/c39-35-29(22-25-38-23-20-27(21-24-38)26-10-3-1-4-11-26)18-19-31-32(35)15-9-16-33(31)36(40)37-34-17-8-7-14-30(34)28-12-5-2-6-13-28/h1-17,27,29H,18-25H2,(H,37,40). The molecular weight excluding hydrogens is 492 g/mol. The van der Waals surface area contributed by atoms with Crippen LogP contribution in [0.5, 0.6) is 0 Å². The number of hydrogen-bond donors (Lipinski definition) is 1. The Labute approximate surface area is 237 Å². The van der Waals surface area contributed by atoms with E-state index in [4.69, 9.17) is 0 Å². The second-order valence-corrected chi connectivity index (χ2v) is 11.1. The Balaban J connectivity index is 1.10. The molecular formula is C36H36N2O2. The van der Waals surface area contributed by atoms with Crippen molar-refractivity contribution >= 4 is 17.4 Å². The largest absolute Gasteiger partial charge is 0.321 e. The molecule has 0 saturated carbocycles. The summed E-state index contributed by atoms with van der Waals surface area (Å²) in [7, 11) is 0. The molecule has 1 aliphatic heterocycles. The molecule has 0 bridgehead atoms. The SMILES string of the molecule is O=C(Nc1ccccc1-c1ccccc1)c1cccc2c1CCC(CCN1CCC(c3ccccc3)CC1)C2=O. The first kappa shape index (κ1) is 26.2. The number of para-hydroxylation sites is 1. The zero-order valence-electron chi connectivity index (χ0n) is 22.9. The highest BCUT2D eigenvalue weighted by Crippen LogP contribution is 2.33. The van der Waals surface area contributed by atoms with Crippen LogP contribution in [0.4, 0.5) is 5.69 Å². The van der Waals surface area contributed by atoms with Crippen LogP contribution in [0.2, 0.25) is 0 Å². The van der Waals surface area contributed by atoms with Gasteiger partial charge in [0.2, 0.25) is 0 Å². The lowest BCUT2D eigenvalue weighted by molar-refractivity contribution is 0.0877. The number of nitrogens with zero attached hydrogens (tertiary/aromatic N) is 1. The summed E-state index contributed by atoms with van der Waals surface area (Å²) in [6.45, 7) is 3.14. The van der Waals surface area contributed by atoms with E-state index >= 15 is 0 Å². The number of rotatable bonds is 7. The van der Waals surface area contributed by atoms with Crippen molar-refractivity contribution in [3.8, 4) is 11.1 Å². The second-order valence-electron chi connectivity index (χ2n) is 11.1. The lowest BCUT2D eigenvalue weighted by Crippen LogP contribution is -2.36. The number of benzene rings is 4. The van der Waals surface area contributed by atoms with Crippen LogP contribution in [0.15, 0.2) is 103 Å². The molecule has 40 heavy (non-hydrogen) atoms. The van der Waals surface area contributed by atoms with Crippen LogP contribution in [-0.2, 0) is 6.42 Å². The van der Waals surface area contributed by atoms with Gasteiger partial charge in [-0.05, 0) is 86.5 Å². The Bertz CT molecular complexity index is 1470. The summed E-state index contributed by atoms with van der Waals surface area (Å²) >= 11 is 0. The van der Waals surface area contributed by atoms with Gasteiger partial charge in [0.1, 0.15) is 0 Å². The topological polar surface area (TPSA) is 49.4 Å². The van der Waals surface area contributed by atoms with E-state index < -0.39 is 0 Å². The number of nitrogens with one attached hydrogen (secondary N) is 1. The van der Waals surface area contributed by atoms with Gasteiger partial charge in [-0.1, -0.05) is 91.0 Å². The molecule has 4 nitrogen and oxygen atoms in total. The molecule has 2 aliphatic rings. The van der Waals surface area contributed by atoms with E-state index in [1.54, 1.807) is 0 Å². The van der Waals surface area contributed by atoms with E-state index in [-0.39, 0.29) is 17.6 Å². The highest BCUT2D eigenvalue weighted by atomic mass is 16.1. The Morgan fingerprint density at radius 1 is 0.750 bits per heavy atom. The van der Waals surface area contributed by atoms with Crippen molar-refractivity contribution in [3.05, 3.63) is 125 Å². The second kappa shape index (κ2) is 12.0. The minimum absolute atomic E-state index is 0.0245. The fourth-order valence-electron chi connectivity index (χ4n) is 6.45. The molecule has 0 spiro atoms. The van der Waals surface area contributed by atoms with E-state index in [0.29, 0.717) is 11.5 Å². The van der Waals surface area contributed by atoms with E-state index in [2.05, 4.69) is 40.5 Å². The monoisotopic (exact) mass is 528 g/mol. The van der Waals surface area contributed by atoms with Gasteiger partial charge < -0.3 is 10.2 Å². The van der Waals surface area contributed by atoms with Crippen LogP contribution in [-0.4, -0.2) is 36.2 Å². The van der Waals surface area contributed by atoms with Crippen molar-refractivity contribution < 1.29 is 9.59 Å². The van der Waals surface area contributed by atoms with Crippen molar-refractivity contribution in [1.82, 2.24) is 4.90 Å². The van der Waals surface area contributed by atoms with Crippen LogP contribution >= 0.6 is 0 Å². The van der Waals surface area contributed by atoms with Gasteiger partial charge >= 0.3 is 0 Å². The highest BCUT2D eigenvalue weighted by Gasteiger charge is 2.31. The predicted molar refractivity (Wildman–Crippen MR) is 162 cm³/mol. The number of hydrogen-bond acceptors (Lipinski definition) is 3. The van der Waals surface area contributed by atoms with Crippen LogP contribution in [0.25, 0.3) is 11.1 Å². The number of fused-ring (bicyclic) bond motifs is 1. The smallest absolute Gasteiger partial charge is 0.255 e. The zero-order chi connectivity index (χ0) is 27.3. The lowest BCUT2D eigenvalue weighted by Gasteiger charge is -2.33. The Kier molecular flexibility index (Phi) is 7.87. The quantitative estimate of drug-likeness (QED) is 0.268. The number of ketones is 1. The molecule has 6 rings (SSSR count). The molecule has 202 valence electrons. The molecule has 1 aliphatic carbocycles. The average molecular weight is 529 g/mol. The van der Waals surface area contributed by atoms with Gasteiger partial charge in [-0.2, -0.15) is 0 Å². The lowest BCUT2D eigenvalue weighted by atomic mass is 9.79. The molecule has 1 fully saturated rings. The van der Waals surface area contributed by atoms with Crippen molar-refractivity contribution in [2.45, 2.75) is 38.0 Å². The van der Waals surface area contributed by atoms with Gasteiger partial charge in [-0.3, -0.25) is 9.59 Å². The minimum atomic E-state index is -0.159. The molecule has 1 unspecified atom stereocenters. The molecule has 1 N–H and O–H groups in total. The number of piperidine rings is 1. The van der Waals surface area contributed by atoms with E-state index in [1.165, 1.54) is 18.4 Å². The number of carbonyl (C=O) groups excluding carboxylic acids is 2. The Morgan fingerprint density at radius 2 is 1.43 bits per heavy atom. The molecule has 1 amide bonds. The summed E-state index contributed by atoms with van der Waals surface area (Å²) in [4.78, 5) is 29.6. The zero-order valence-corrected chi connectivity index (χ0v) is 22.9. The molecule has 4 aromatic carbocycles. The van der Waals surface area contributed by atoms with Gasteiger partial charge in [0, 0.05) is 28.3 Å². The van der Waals surface area contributed by atoms with Crippen molar-refractivity contribution in [1.29, 1.82) is 0 Å². The molecule has 1 heterocycles.